The molecule has 1 spiro atoms. The number of hydrogen-bond acceptors (Lipinski definition) is 7. The molecule has 214 valence electrons. The molecule has 0 bridgehead atoms. The fraction of sp³-hybridized carbons (Fsp3) is 0.500. The first-order chi connectivity index (χ1) is 19.0. The van der Waals surface area contributed by atoms with Gasteiger partial charge in [-0.1, -0.05) is 6.07 Å². The van der Waals surface area contributed by atoms with Gasteiger partial charge in [-0.05, 0) is 101 Å². The van der Waals surface area contributed by atoms with Crippen LogP contribution in [0.1, 0.15) is 79.5 Å². The molecule has 2 aliphatic rings. The number of methoxy groups -OCH3 is 2. The van der Waals surface area contributed by atoms with Gasteiger partial charge >= 0.3 is 12.1 Å². The van der Waals surface area contributed by atoms with E-state index in [2.05, 4.69) is 16.3 Å². The van der Waals surface area contributed by atoms with E-state index in [1.54, 1.807) is 17.9 Å². The molecule has 1 aromatic heterocycles. The van der Waals surface area contributed by atoms with Gasteiger partial charge in [-0.3, -0.25) is 9.47 Å². The number of carbonyl (C=O) groups is 2. The second-order valence-corrected chi connectivity index (χ2v) is 12.3. The zero-order valence-electron chi connectivity index (χ0n) is 24.7. The van der Waals surface area contributed by atoms with Crippen LogP contribution >= 0.6 is 0 Å². The molecule has 3 aromatic rings. The van der Waals surface area contributed by atoms with E-state index in [9.17, 15) is 9.59 Å². The maximum Gasteiger partial charge on any atom is 0.419 e. The van der Waals surface area contributed by atoms with E-state index in [0.29, 0.717) is 17.5 Å². The van der Waals surface area contributed by atoms with Gasteiger partial charge in [-0.2, -0.15) is 0 Å². The number of likely N-dealkylation sites (tertiary alicyclic amines) is 1. The number of esters is 1. The van der Waals surface area contributed by atoms with Crippen LogP contribution in [-0.2, 0) is 16.0 Å². The van der Waals surface area contributed by atoms with Crippen molar-refractivity contribution < 1.29 is 23.8 Å². The molecule has 1 atom stereocenters. The van der Waals surface area contributed by atoms with E-state index in [1.165, 1.54) is 25.5 Å². The van der Waals surface area contributed by atoms with Gasteiger partial charge < -0.3 is 19.5 Å². The van der Waals surface area contributed by atoms with Crippen LogP contribution in [0.4, 0.5) is 10.5 Å². The van der Waals surface area contributed by atoms with Crippen LogP contribution in [-0.4, -0.2) is 54.9 Å². The van der Waals surface area contributed by atoms with E-state index < -0.39 is 11.7 Å². The number of benzene rings is 2. The highest BCUT2D eigenvalue weighted by Gasteiger charge is 2.48. The average Bonchev–Trinajstić information content (AvgIpc) is 3.51. The Morgan fingerprint density at radius 2 is 1.85 bits per heavy atom. The Morgan fingerprint density at radius 3 is 2.48 bits per heavy atom. The summed E-state index contributed by atoms with van der Waals surface area (Å²) in [7, 11) is 5.00. The highest BCUT2D eigenvalue weighted by Crippen LogP contribution is 2.59. The molecule has 5 rings (SSSR count). The minimum absolute atomic E-state index is 0.166. The van der Waals surface area contributed by atoms with Crippen molar-refractivity contribution in [1.29, 1.82) is 0 Å². The maximum absolute atomic E-state index is 13.1. The van der Waals surface area contributed by atoms with Gasteiger partial charge in [0.05, 0.1) is 25.3 Å². The SMILES string of the molecule is CNc1cc(C(=O)OC)ccc1C1CC2(CCN1Cc1c(OC)cc(C)c3c1ccn3C(=O)OC(C)(C)C)CC2. The number of nitrogens with zero attached hydrogens (tertiary/aromatic N) is 2. The molecular formula is C32H41N3O5. The zero-order chi connectivity index (χ0) is 28.8. The number of anilines is 1. The molecule has 8 heteroatoms. The molecule has 40 heavy (non-hydrogen) atoms. The lowest BCUT2D eigenvalue weighted by Crippen LogP contribution is -2.37. The molecule has 2 aromatic carbocycles. The van der Waals surface area contributed by atoms with Gasteiger partial charge in [0.15, 0.2) is 0 Å². The van der Waals surface area contributed by atoms with Gasteiger partial charge in [0.1, 0.15) is 11.4 Å². The summed E-state index contributed by atoms with van der Waals surface area (Å²) in [6.45, 7) is 9.24. The van der Waals surface area contributed by atoms with Gasteiger partial charge in [-0.15, -0.1) is 0 Å². The molecule has 1 saturated heterocycles. The third-order valence-corrected chi connectivity index (χ3v) is 8.46. The lowest BCUT2D eigenvalue weighted by atomic mass is 9.83. The molecule has 2 heterocycles. The van der Waals surface area contributed by atoms with Gasteiger partial charge in [0.2, 0.25) is 0 Å². The summed E-state index contributed by atoms with van der Waals surface area (Å²) in [5.74, 6) is 0.468. The summed E-state index contributed by atoms with van der Waals surface area (Å²) in [5, 5.41) is 4.31. The van der Waals surface area contributed by atoms with E-state index in [0.717, 1.165) is 52.9 Å². The van der Waals surface area contributed by atoms with Crippen molar-refractivity contribution in [3.8, 4) is 5.75 Å². The second kappa shape index (κ2) is 10.5. The predicted octanol–water partition coefficient (Wildman–Crippen LogP) is 6.69. The zero-order valence-corrected chi connectivity index (χ0v) is 24.7. The third-order valence-electron chi connectivity index (χ3n) is 8.46. The Hall–Kier alpha value is -3.52. The lowest BCUT2D eigenvalue weighted by molar-refractivity contribution is 0.0542. The first-order valence-electron chi connectivity index (χ1n) is 14.0. The minimum Gasteiger partial charge on any atom is -0.496 e. The van der Waals surface area contributed by atoms with E-state index in [1.807, 2.05) is 59.0 Å². The number of hydrogen-bond donors (Lipinski definition) is 1. The molecule has 1 unspecified atom stereocenters. The maximum atomic E-state index is 13.1. The fourth-order valence-electron chi connectivity index (χ4n) is 6.19. The highest BCUT2D eigenvalue weighted by atomic mass is 16.6. The van der Waals surface area contributed by atoms with Crippen LogP contribution in [0.5, 0.6) is 5.75 Å². The number of piperidine rings is 1. The highest BCUT2D eigenvalue weighted by molar-refractivity contribution is 5.95. The van der Waals surface area contributed by atoms with Crippen molar-refractivity contribution in [1.82, 2.24) is 9.47 Å². The number of ether oxygens (including phenoxy) is 3. The van der Waals surface area contributed by atoms with Crippen molar-refractivity contribution in [3.63, 3.8) is 0 Å². The number of carbonyl (C=O) groups excluding carboxylic acids is 2. The second-order valence-electron chi connectivity index (χ2n) is 12.3. The normalized spacial score (nSPS) is 18.5. The van der Waals surface area contributed by atoms with E-state index in [4.69, 9.17) is 14.2 Å². The molecule has 1 aliphatic heterocycles. The molecule has 8 nitrogen and oxygen atoms in total. The average molecular weight is 548 g/mol. The third kappa shape index (κ3) is 5.29. The first-order valence-corrected chi connectivity index (χ1v) is 14.0. The van der Waals surface area contributed by atoms with Crippen LogP contribution in [0.15, 0.2) is 36.5 Å². The van der Waals surface area contributed by atoms with Crippen LogP contribution in [0, 0.1) is 12.3 Å². The molecular weight excluding hydrogens is 506 g/mol. The lowest BCUT2D eigenvalue weighted by Gasteiger charge is -2.41. The molecule has 0 radical (unpaired) electrons. The van der Waals surface area contributed by atoms with Crippen LogP contribution in [0.3, 0.4) is 0 Å². The van der Waals surface area contributed by atoms with Crippen LogP contribution in [0.25, 0.3) is 10.9 Å². The van der Waals surface area contributed by atoms with Crippen molar-refractivity contribution in [2.24, 2.45) is 5.41 Å². The summed E-state index contributed by atoms with van der Waals surface area (Å²) >= 11 is 0. The predicted molar refractivity (Wildman–Crippen MR) is 156 cm³/mol. The summed E-state index contributed by atoms with van der Waals surface area (Å²) in [6.07, 6.45) is 6.17. The summed E-state index contributed by atoms with van der Waals surface area (Å²) < 4.78 is 18.2. The Morgan fingerprint density at radius 1 is 1.10 bits per heavy atom. The Kier molecular flexibility index (Phi) is 7.33. The van der Waals surface area contributed by atoms with Gasteiger partial charge in [-0.25, -0.2) is 9.59 Å². The summed E-state index contributed by atoms with van der Waals surface area (Å²) in [5.41, 5.74) is 5.31. The van der Waals surface area contributed by atoms with Crippen molar-refractivity contribution in [2.45, 2.75) is 71.6 Å². The number of fused-ring (bicyclic) bond motifs is 1. The quantitative estimate of drug-likeness (QED) is 0.345. The van der Waals surface area contributed by atoms with Crippen LogP contribution < -0.4 is 10.1 Å². The smallest absolute Gasteiger partial charge is 0.419 e. The Balaban J connectivity index is 1.55. The van der Waals surface area contributed by atoms with E-state index in [-0.39, 0.29) is 12.0 Å². The van der Waals surface area contributed by atoms with E-state index >= 15 is 0 Å². The summed E-state index contributed by atoms with van der Waals surface area (Å²) in [6, 6.07) is 10.00. The van der Waals surface area contributed by atoms with Gasteiger partial charge in [0, 0.05) is 42.5 Å². The topological polar surface area (TPSA) is 82.0 Å². The number of aryl methyl sites for hydroxylation is 1. The molecule has 1 saturated carbocycles. The number of aromatic nitrogens is 1. The fourth-order valence-corrected chi connectivity index (χ4v) is 6.19. The molecule has 1 aliphatic carbocycles. The Labute approximate surface area is 236 Å². The largest absolute Gasteiger partial charge is 0.496 e. The first kappa shape index (κ1) is 28.0. The molecule has 2 fully saturated rings. The van der Waals surface area contributed by atoms with Gasteiger partial charge in [0.25, 0.3) is 0 Å². The summed E-state index contributed by atoms with van der Waals surface area (Å²) in [4.78, 5) is 27.8. The van der Waals surface area contributed by atoms with Crippen LogP contribution in [0.2, 0.25) is 0 Å². The van der Waals surface area contributed by atoms with Crippen molar-refractivity contribution >= 4 is 28.7 Å². The number of rotatable bonds is 6. The monoisotopic (exact) mass is 547 g/mol. The molecule has 1 N–H and O–H groups in total. The Bertz CT molecular complexity index is 1450. The standard InChI is InChI=1S/C32H41N3O5/c1-20-16-27(38-6)24(22-10-14-35(28(20)22)30(37)40-31(2,3)4)19-34-15-13-32(11-12-32)18-26(34)23-9-8-21(29(36)39-7)17-25(23)33-5/h8-10,14,16-17,26,33H,11-13,15,18-19H2,1-7H3. The minimum atomic E-state index is -0.592. The molecule has 0 amide bonds. The van der Waals surface area contributed by atoms with Crippen molar-refractivity contribution in [2.75, 3.05) is 33.1 Å². The number of nitrogens with one attached hydrogen (secondary N) is 1. The van der Waals surface area contributed by atoms with Crippen molar-refractivity contribution in [3.05, 3.63) is 58.8 Å².